The summed E-state index contributed by atoms with van der Waals surface area (Å²) < 4.78 is 5.65. The van der Waals surface area contributed by atoms with Gasteiger partial charge in [0.1, 0.15) is 5.75 Å². The topological polar surface area (TPSA) is 43.4 Å². The molecule has 5 heteroatoms. The van der Waals surface area contributed by atoms with Gasteiger partial charge in [-0.1, -0.05) is 41.4 Å². The highest BCUT2D eigenvalue weighted by molar-refractivity contribution is 6.31. The molecule has 1 aliphatic carbocycles. The molecule has 0 saturated carbocycles. The molecule has 0 amide bonds. The van der Waals surface area contributed by atoms with Gasteiger partial charge in [-0.05, 0) is 65.7 Å². The maximum atomic E-state index is 12.6. The van der Waals surface area contributed by atoms with Crippen molar-refractivity contribution in [2.45, 2.75) is 6.42 Å². The van der Waals surface area contributed by atoms with Gasteiger partial charge in [0.05, 0.1) is 0 Å². The minimum Gasteiger partial charge on any atom is -0.485 e. The number of rotatable bonds is 5. The van der Waals surface area contributed by atoms with Crippen LogP contribution in [0.5, 0.6) is 5.75 Å². The summed E-state index contributed by atoms with van der Waals surface area (Å²) in [6.07, 6.45) is 2.43. The molecule has 0 heterocycles. The first kappa shape index (κ1) is 19.4. The number of carbonyl (C=O) groups excluding carboxylic acids is 2. The molecule has 3 nitrogen and oxygen atoms in total. The van der Waals surface area contributed by atoms with Crippen LogP contribution in [0.3, 0.4) is 0 Å². The van der Waals surface area contributed by atoms with Crippen molar-refractivity contribution in [3.8, 4) is 5.75 Å². The second-order valence-electron chi connectivity index (χ2n) is 6.77. The Morgan fingerprint density at radius 1 is 0.966 bits per heavy atom. The van der Waals surface area contributed by atoms with E-state index in [0.717, 1.165) is 11.1 Å². The van der Waals surface area contributed by atoms with Crippen molar-refractivity contribution in [1.29, 1.82) is 0 Å². The van der Waals surface area contributed by atoms with Crippen molar-refractivity contribution < 1.29 is 14.3 Å². The van der Waals surface area contributed by atoms with Gasteiger partial charge in [0, 0.05) is 33.2 Å². The van der Waals surface area contributed by atoms with Crippen LogP contribution in [0, 0.1) is 0 Å². The molecule has 0 N–H and O–H groups in total. The average molecular weight is 423 g/mol. The number of Topliss-reactive ketones (excluding diaryl/α,β-unsaturated/α-hetero) is 2. The third kappa shape index (κ3) is 4.42. The molecule has 0 spiro atoms. The van der Waals surface area contributed by atoms with Crippen LogP contribution in [0.4, 0.5) is 0 Å². The standard InChI is InChI=1S/C24H16Cl2O3/c25-19-7-4-16(5-8-19)23(27)14-29-21-3-1-2-15(11-21)10-18-12-17-6-9-20(26)13-22(17)24(18)28/h1-11,13H,12,14H2/b18-10+. The number of halogens is 2. The average Bonchev–Trinajstić information content (AvgIpc) is 3.02. The summed E-state index contributed by atoms with van der Waals surface area (Å²) in [5.74, 6) is 0.420. The van der Waals surface area contributed by atoms with Gasteiger partial charge in [-0.2, -0.15) is 0 Å². The van der Waals surface area contributed by atoms with Crippen LogP contribution >= 0.6 is 23.2 Å². The molecule has 0 aliphatic heterocycles. The number of ether oxygens (including phenoxy) is 1. The Hall–Kier alpha value is -2.88. The van der Waals surface area contributed by atoms with Crippen molar-refractivity contribution in [3.05, 3.63) is 105 Å². The Bertz CT molecular complexity index is 1130. The van der Waals surface area contributed by atoms with Crippen molar-refractivity contribution in [2.75, 3.05) is 6.61 Å². The highest BCUT2D eigenvalue weighted by atomic mass is 35.5. The Labute approximate surface area is 178 Å². The summed E-state index contributed by atoms with van der Waals surface area (Å²) in [5, 5.41) is 1.13. The third-order valence-corrected chi connectivity index (χ3v) is 5.21. The molecule has 4 rings (SSSR count). The molecule has 29 heavy (non-hydrogen) atoms. The second kappa shape index (κ2) is 8.24. The van der Waals surface area contributed by atoms with Gasteiger partial charge in [-0.3, -0.25) is 9.59 Å². The Kier molecular flexibility index (Phi) is 5.52. The molecule has 0 saturated heterocycles. The lowest BCUT2D eigenvalue weighted by Gasteiger charge is -2.07. The zero-order valence-corrected chi connectivity index (χ0v) is 16.8. The summed E-state index contributed by atoms with van der Waals surface area (Å²) in [5.41, 5.74) is 3.72. The van der Waals surface area contributed by atoms with Crippen LogP contribution in [0.25, 0.3) is 6.08 Å². The van der Waals surface area contributed by atoms with Gasteiger partial charge in [0.15, 0.2) is 18.2 Å². The van der Waals surface area contributed by atoms with Gasteiger partial charge < -0.3 is 4.74 Å². The van der Waals surface area contributed by atoms with Gasteiger partial charge in [0.2, 0.25) is 0 Å². The predicted octanol–water partition coefficient (Wildman–Crippen LogP) is 6.08. The fourth-order valence-electron chi connectivity index (χ4n) is 3.25. The predicted molar refractivity (Wildman–Crippen MR) is 115 cm³/mol. The van der Waals surface area contributed by atoms with E-state index in [-0.39, 0.29) is 18.2 Å². The molecule has 0 radical (unpaired) electrons. The number of hydrogen-bond acceptors (Lipinski definition) is 3. The molecule has 1 aliphatic rings. The number of allylic oxidation sites excluding steroid dienone is 1. The van der Waals surface area contributed by atoms with E-state index in [4.69, 9.17) is 27.9 Å². The quantitative estimate of drug-likeness (QED) is 0.369. The summed E-state index contributed by atoms with van der Waals surface area (Å²) in [4.78, 5) is 24.9. The lowest BCUT2D eigenvalue weighted by Crippen LogP contribution is -2.11. The van der Waals surface area contributed by atoms with E-state index < -0.39 is 0 Å². The van der Waals surface area contributed by atoms with E-state index >= 15 is 0 Å². The lowest BCUT2D eigenvalue weighted by atomic mass is 10.1. The Morgan fingerprint density at radius 3 is 2.52 bits per heavy atom. The maximum Gasteiger partial charge on any atom is 0.200 e. The second-order valence-corrected chi connectivity index (χ2v) is 7.64. The first-order chi connectivity index (χ1) is 14.0. The van der Waals surface area contributed by atoms with Crippen LogP contribution in [-0.4, -0.2) is 18.2 Å². The van der Waals surface area contributed by atoms with E-state index in [0.29, 0.717) is 38.9 Å². The number of fused-ring (bicyclic) bond motifs is 1. The van der Waals surface area contributed by atoms with Crippen LogP contribution < -0.4 is 4.74 Å². The zero-order valence-electron chi connectivity index (χ0n) is 15.3. The van der Waals surface area contributed by atoms with E-state index in [1.165, 1.54) is 0 Å². The van der Waals surface area contributed by atoms with Gasteiger partial charge in [-0.15, -0.1) is 0 Å². The number of ketones is 2. The number of benzene rings is 3. The lowest BCUT2D eigenvalue weighted by molar-refractivity contribution is 0.0921. The molecule has 0 atom stereocenters. The van der Waals surface area contributed by atoms with Crippen molar-refractivity contribution in [2.24, 2.45) is 0 Å². The minimum atomic E-state index is -0.135. The van der Waals surface area contributed by atoms with Crippen LogP contribution in [0.15, 0.2) is 72.3 Å². The smallest absolute Gasteiger partial charge is 0.200 e. The van der Waals surface area contributed by atoms with Gasteiger partial charge in [0.25, 0.3) is 0 Å². The van der Waals surface area contributed by atoms with E-state index in [9.17, 15) is 9.59 Å². The van der Waals surface area contributed by atoms with E-state index in [2.05, 4.69) is 0 Å². The normalized spacial score (nSPS) is 14.1. The first-order valence-corrected chi connectivity index (χ1v) is 9.80. The third-order valence-electron chi connectivity index (χ3n) is 4.72. The fourth-order valence-corrected chi connectivity index (χ4v) is 3.55. The molecule has 0 bridgehead atoms. The van der Waals surface area contributed by atoms with E-state index in [1.807, 2.05) is 30.3 Å². The van der Waals surface area contributed by atoms with Crippen molar-refractivity contribution >= 4 is 40.8 Å². The monoisotopic (exact) mass is 422 g/mol. The van der Waals surface area contributed by atoms with Crippen molar-refractivity contribution in [1.82, 2.24) is 0 Å². The van der Waals surface area contributed by atoms with Crippen LogP contribution in [0.2, 0.25) is 10.0 Å². The minimum absolute atomic E-state index is 0.00765. The molecule has 3 aromatic rings. The Morgan fingerprint density at radius 2 is 1.72 bits per heavy atom. The molecule has 3 aromatic carbocycles. The molecular weight excluding hydrogens is 407 g/mol. The van der Waals surface area contributed by atoms with Crippen LogP contribution in [-0.2, 0) is 6.42 Å². The number of carbonyl (C=O) groups is 2. The van der Waals surface area contributed by atoms with E-state index in [1.54, 1.807) is 42.5 Å². The molecular formula is C24H16Cl2O3. The highest BCUT2D eigenvalue weighted by Gasteiger charge is 2.24. The highest BCUT2D eigenvalue weighted by Crippen LogP contribution is 2.30. The summed E-state index contributed by atoms with van der Waals surface area (Å²) in [6, 6.07) is 19.4. The van der Waals surface area contributed by atoms with Crippen molar-refractivity contribution in [3.63, 3.8) is 0 Å². The van der Waals surface area contributed by atoms with Crippen LogP contribution in [0.1, 0.15) is 31.8 Å². The first-order valence-electron chi connectivity index (χ1n) is 9.05. The van der Waals surface area contributed by atoms with Gasteiger partial charge >= 0.3 is 0 Å². The summed E-state index contributed by atoms with van der Waals surface area (Å²) >= 11 is 11.9. The molecule has 144 valence electrons. The molecule has 0 aromatic heterocycles. The van der Waals surface area contributed by atoms with Gasteiger partial charge in [-0.25, -0.2) is 0 Å². The number of hydrogen-bond donors (Lipinski definition) is 0. The summed E-state index contributed by atoms with van der Waals surface area (Å²) in [6.45, 7) is -0.0788. The fraction of sp³-hybridized carbons (Fsp3) is 0.0833. The summed E-state index contributed by atoms with van der Waals surface area (Å²) in [7, 11) is 0. The molecule has 0 unspecified atom stereocenters. The Balaban J connectivity index is 1.47. The SMILES string of the molecule is O=C(COc1cccc(/C=C2\Cc3ccc(Cl)cc3C2=O)c1)c1ccc(Cl)cc1. The zero-order chi connectivity index (χ0) is 20.4. The maximum absolute atomic E-state index is 12.6. The molecule has 0 fully saturated rings. The largest absolute Gasteiger partial charge is 0.485 e.